The summed E-state index contributed by atoms with van der Waals surface area (Å²) in [6.07, 6.45) is 10.2. The van der Waals surface area contributed by atoms with Crippen molar-refractivity contribution in [2.45, 2.75) is 37.3 Å². The molecule has 0 N–H and O–H groups in total. The van der Waals surface area contributed by atoms with Gasteiger partial charge in [0.25, 0.3) is 5.91 Å². The molecule has 1 aromatic heterocycles. The lowest BCUT2D eigenvalue weighted by Crippen LogP contribution is -2.45. The molecule has 2 atom stereocenters. The summed E-state index contributed by atoms with van der Waals surface area (Å²) in [5.41, 5.74) is 1.69. The molecule has 0 bridgehead atoms. The molecule has 1 aromatic carbocycles. The van der Waals surface area contributed by atoms with Crippen LogP contribution in [0.5, 0.6) is 0 Å². The van der Waals surface area contributed by atoms with Gasteiger partial charge in [-0.15, -0.1) is 0 Å². The monoisotopic (exact) mass is 355 g/mol. The van der Waals surface area contributed by atoms with Gasteiger partial charge in [0.15, 0.2) is 5.16 Å². The van der Waals surface area contributed by atoms with Crippen molar-refractivity contribution >= 4 is 17.7 Å². The third kappa shape index (κ3) is 3.22. The van der Waals surface area contributed by atoms with Crippen molar-refractivity contribution < 1.29 is 4.79 Å². The van der Waals surface area contributed by atoms with Crippen molar-refractivity contribution in [2.24, 2.45) is 11.8 Å². The molecule has 1 saturated heterocycles. The molecule has 0 unspecified atom stereocenters. The molecule has 2 fully saturated rings. The second-order valence-corrected chi connectivity index (χ2v) is 7.92. The van der Waals surface area contributed by atoms with Gasteiger partial charge in [0, 0.05) is 18.8 Å². The van der Waals surface area contributed by atoms with Gasteiger partial charge >= 0.3 is 0 Å². The fourth-order valence-corrected chi connectivity index (χ4v) is 4.95. The van der Waals surface area contributed by atoms with E-state index >= 15 is 0 Å². The molecule has 4 nitrogen and oxygen atoms in total. The fraction of sp³-hybridized carbons (Fsp3) is 0.500. The SMILES string of the molecule is CSc1ncc(C(=O)N2CC[C@H]3CCCC[C@@H]3C2)n1-c1ccccc1. The topological polar surface area (TPSA) is 38.1 Å². The summed E-state index contributed by atoms with van der Waals surface area (Å²) >= 11 is 1.57. The number of thioether (sulfide) groups is 1. The van der Waals surface area contributed by atoms with Crippen LogP contribution in [0.3, 0.4) is 0 Å². The smallest absolute Gasteiger partial charge is 0.272 e. The average molecular weight is 356 g/mol. The van der Waals surface area contributed by atoms with Gasteiger partial charge in [0.05, 0.1) is 6.20 Å². The molecule has 0 spiro atoms. The standard InChI is InChI=1S/C20H25N3OS/c1-25-20-21-13-18(23(20)17-9-3-2-4-10-17)19(24)22-12-11-15-7-5-6-8-16(15)14-22/h2-4,9-10,13,15-16H,5-8,11-12,14H2,1H3/t15-,16-/m1/s1. The summed E-state index contributed by atoms with van der Waals surface area (Å²) in [6.45, 7) is 1.80. The van der Waals surface area contributed by atoms with Gasteiger partial charge in [-0.25, -0.2) is 4.98 Å². The highest BCUT2D eigenvalue weighted by Gasteiger charge is 2.34. The first-order chi connectivity index (χ1) is 12.3. The molecule has 5 heteroatoms. The van der Waals surface area contributed by atoms with Gasteiger partial charge < -0.3 is 4.90 Å². The molecule has 4 rings (SSSR count). The number of para-hydroxylation sites is 1. The maximum absolute atomic E-state index is 13.3. The van der Waals surface area contributed by atoms with Crippen LogP contribution in [0.15, 0.2) is 41.7 Å². The third-order valence-corrected chi connectivity index (χ3v) is 6.38. The third-order valence-electron chi connectivity index (χ3n) is 5.72. The Kier molecular flexibility index (Phi) is 4.84. The molecule has 1 amide bonds. The molecular weight excluding hydrogens is 330 g/mol. The number of nitrogens with zero attached hydrogens (tertiary/aromatic N) is 3. The van der Waals surface area contributed by atoms with Crippen LogP contribution in [0.4, 0.5) is 0 Å². The van der Waals surface area contributed by atoms with Gasteiger partial charge in [0.2, 0.25) is 0 Å². The van der Waals surface area contributed by atoms with Crippen LogP contribution in [0.25, 0.3) is 5.69 Å². The lowest BCUT2D eigenvalue weighted by molar-refractivity contribution is 0.0513. The maximum atomic E-state index is 13.3. The van der Waals surface area contributed by atoms with E-state index in [0.29, 0.717) is 11.6 Å². The minimum atomic E-state index is 0.126. The fourth-order valence-electron chi connectivity index (χ4n) is 4.40. The van der Waals surface area contributed by atoms with E-state index in [4.69, 9.17) is 0 Å². The molecule has 25 heavy (non-hydrogen) atoms. The van der Waals surface area contributed by atoms with Gasteiger partial charge in [-0.05, 0) is 43.1 Å². The zero-order valence-electron chi connectivity index (χ0n) is 14.7. The van der Waals surface area contributed by atoms with Crippen molar-refractivity contribution in [2.75, 3.05) is 19.3 Å². The molecule has 2 aliphatic rings. The Morgan fingerprint density at radius 3 is 2.64 bits per heavy atom. The number of rotatable bonds is 3. The highest BCUT2D eigenvalue weighted by molar-refractivity contribution is 7.98. The number of likely N-dealkylation sites (tertiary alicyclic amines) is 1. The van der Waals surface area contributed by atoms with Crippen molar-refractivity contribution in [1.29, 1.82) is 0 Å². The molecule has 2 aromatic rings. The van der Waals surface area contributed by atoms with Crippen LogP contribution in [-0.4, -0.2) is 39.7 Å². The Balaban J connectivity index is 1.61. The number of hydrogen-bond acceptors (Lipinski definition) is 3. The second kappa shape index (κ2) is 7.24. The number of imidazole rings is 1. The first kappa shape index (κ1) is 16.7. The van der Waals surface area contributed by atoms with E-state index in [0.717, 1.165) is 36.3 Å². The van der Waals surface area contributed by atoms with E-state index in [1.165, 1.54) is 25.7 Å². The molecule has 0 radical (unpaired) electrons. The van der Waals surface area contributed by atoms with E-state index in [9.17, 15) is 4.79 Å². The summed E-state index contributed by atoms with van der Waals surface area (Å²) in [5, 5.41) is 0.863. The number of fused-ring (bicyclic) bond motifs is 1. The zero-order chi connectivity index (χ0) is 17.2. The molecule has 1 saturated carbocycles. The van der Waals surface area contributed by atoms with Crippen molar-refractivity contribution in [1.82, 2.24) is 14.5 Å². The Morgan fingerprint density at radius 1 is 1.12 bits per heavy atom. The largest absolute Gasteiger partial charge is 0.337 e. The van der Waals surface area contributed by atoms with Crippen LogP contribution in [0, 0.1) is 11.8 Å². The van der Waals surface area contributed by atoms with E-state index in [1.54, 1.807) is 18.0 Å². The summed E-state index contributed by atoms with van der Waals surface area (Å²) < 4.78 is 2.00. The van der Waals surface area contributed by atoms with E-state index in [2.05, 4.69) is 9.88 Å². The van der Waals surface area contributed by atoms with Crippen molar-refractivity contribution in [3.63, 3.8) is 0 Å². The van der Waals surface area contributed by atoms with Crippen LogP contribution >= 0.6 is 11.8 Å². The first-order valence-corrected chi connectivity index (χ1v) is 10.5. The predicted octanol–water partition coefficient (Wildman–Crippen LogP) is 4.25. The Morgan fingerprint density at radius 2 is 1.88 bits per heavy atom. The number of amides is 1. The predicted molar refractivity (Wildman–Crippen MR) is 101 cm³/mol. The van der Waals surface area contributed by atoms with Crippen LogP contribution in [0.2, 0.25) is 0 Å². The van der Waals surface area contributed by atoms with Gasteiger partial charge in [0.1, 0.15) is 5.69 Å². The average Bonchev–Trinajstić information content (AvgIpc) is 3.11. The molecule has 1 aliphatic heterocycles. The molecule has 2 heterocycles. The number of benzene rings is 1. The summed E-state index contributed by atoms with van der Waals surface area (Å²) in [4.78, 5) is 19.8. The Labute approximate surface area is 153 Å². The van der Waals surface area contributed by atoms with Gasteiger partial charge in [-0.3, -0.25) is 9.36 Å². The Bertz CT molecular complexity index is 743. The van der Waals surface area contributed by atoms with E-state index < -0.39 is 0 Å². The van der Waals surface area contributed by atoms with E-state index in [1.807, 2.05) is 41.2 Å². The highest BCUT2D eigenvalue weighted by atomic mass is 32.2. The minimum Gasteiger partial charge on any atom is -0.337 e. The normalized spacial score (nSPS) is 23.3. The molecule has 1 aliphatic carbocycles. The quantitative estimate of drug-likeness (QED) is 0.773. The lowest BCUT2D eigenvalue weighted by atomic mass is 9.75. The van der Waals surface area contributed by atoms with Crippen molar-refractivity contribution in [3.8, 4) is 5.69 Å². The summed E-state index contributed by atoms with van der Waals surface area (Å²) in [7, 11) is 0. The first-order valence-electron chi connectivity index (χ1n) is 9.24. The number of piperidine rings is 1. The van der Waals surface area contributed by atoms with Crippen LogP contribution in [-0.2, 0) is 0 Å². The zero-order valence-corrected chi connectivity index (χ0v) is 15.5. The van der Waals surface area contributed by atoms with Crippen LogP contribution in [0.1, 0.15) is 42.6 Å². The lowest BCUT2D eigenvalue weighted by Gasteiger charge is -2.41. The molecule has 132 valence electrons. The Hall–Kier alpha value is -1.75. The second-order valence-electron chi connectivity index (χ2n) is 7.15. The number of carbonyl (C=O) groups excluding carboxylic acids is 1. The van der Waals surface area contributed by atoms with E-state index in [-0.39, 0.29) is 5.91 Å². The van der Waals surface area contributed by atoms with Gasteiger partial charge in [-0.2, -0.15) is 0 Å². The number of carbonyl (C=O) groups is 1. The maximum Gasteiger partial charge on any atom is 0.272 e. The number of aromatic nitrogens is 2. The van der Waals surface area contributed by atoms with Crippen LogP contribution < -0.4 is 0 Å². The summed E-state index contributed by atoms with van der Waals surface area (Å²) in [5.74, 6) is 1.65. The molecular formula is C20H25N3OS. The van der Waals surface area contributed by atoms with Crippen molar-refractivity contribution in [3.05, 3.63) is 42.2 Å². The highest BCUT2D eigenvalue weighted by Crippen LogP contribution is 2.36. The number of hydrogen-bond donors (Lipinski definition) is 0. The summed E-state index contributed by atoms with van der Waals surface area (Å²) in [6, 6.07) is 10.1. The minimum absolute atomic E-state index is 0.126. The van der Waals surface area contributed by atoms with Gasteiger partial charge in [-0.1, -0.05) is 49.2 Å².